The molecule has 6 heteroatoms. The van der Waals surface area contributed by atoms with E-state index < -0.39 is 6.29 Å². The van der Waals surface area contributed by atoms with E-state index in [0.29, 0.717) is 12.2 Å². The van der Waals surface area contributed by atoms with Crippen LogP contribution in [-0.2, 0) is 6.54 Å². The van der Waals surface area contributed by atoms with Crippen molar-refractivity contribution in [2.24, 2.45) is 0 Å². The Morgan fingerprint density at radius 2 is 1.89 bits per heavy atom. The number of hydrogen-bond donors (Lipinski definition) is 1. The molecule has 19 heavy (non-hydrogen) atoms. The van der Waals surface area contributed by atoms with Gasteiger partial charge in [-0.3, -0.25) is 0 Å². The number of aryl methyl sites for hydroxylation is 1. The maximum Gasteiger partial charge on any atom is 0.586 e. The number of benzene rings is 1. The van der Waals surface area contributed by atoms with E-state index in [1.165, 1.54) is 12.1 Å². The summed E-state index contributed by atoms with van der Waals surface area (Å²) >= 11 is 0. The molecule has 100 valence electrons. The normalized spacial score (nSPS) is 15.5. The lowest BCUT2D eigenvalue weighted by molar-refractivity contribution is -0.286. The summed E-state index contributed by atoms with van der Waals surface area (Å²) in [6, 6.07) is 8.25. The van der Waals surface area contributed by atoms with Crippen LogP contribution >= 0.6 is 0 Å². The molecule has 0 spiro atoms. The monoisotopic (exact) mass is 267 g/mol. The summed E-state index contributed by atoms with van der Waals surface area (Å²) in [5.74, 6) is 1.64. The fourth-order valence-electron chi connectivity index (χ4n) is 1.83. The topological polar surface area (TPSA) is 43.6 Å². The van der Waals surface area contributed by atoms with Gasteiger partial charge >= 0.3 is 6.29 Å². The highest BCUT2D eigenvalue weighted by atomic mass is 19.3. The Hall–Kier alpha value is -2.24. The SMILES string of the molecule is Cc1ccc(CNc2ccc3c(c2)OC(F)(F)O3)o1. The minimum atomic E-state index is -3.58. The van der Waals surface area contributed by atoms with Crippen molar-refractivity contribution in [2.75, 3.05) is 5.32 Å². The number of anilines is 1. The van der Waals surface area contributed by atoms with Gasteiger partial charge in [0, 0.05) is 11.8 Å². The van der Waals surface area contributed by atoms with Gasteiger partial charge in [-0.25, -0.2) is 0 Å². The Bertz CT molecular complexity index is 610. The molecule has 1 aromatic carbocycles. The van der Waals surface area contributed by atoms with Gasteiger partial charge in [-0.05, 0) is 31.2 Å². The third-order valence-electron chi connectivity index (χ3n) is 2.66. The lowest BCUT2D eigenvalue weighted by atomic mass is 10.2. The van der Waals surface area contributed by atoms with E-state index in [2.05, 4.69) is 14.8 Å². The second-order valence-corrected chi connectivity index (χ2v) is 4.19. The quantitative estimate of drug-likeness (QED) is 0.924. The van der Waals surface area contributed by atoms with Crippen molar-refractivity contribution < 1.29 is 22.7 Å². The zero-order chi connectivity index (χ0) is 13.5. The molecule has 0 amide bonds. The summed E-state index contributed by atoms with van der Waals surface area (Å²) in [7, 11) is 0. The molecule has 0 aliphatic carbocycles. The van der Waals surface area contributed by atoms with E-state index >= 15 is 0 Å². The Labute approximate surface area is 107 Å². The number of rotatable bonds is 3. The number of halogens is 2. The van der Waals surface area contributed by atoms with Crippen LogP contribution in [0.15, 0.2) is 34.7 Å². The molecule has 0 atom stereocenters. The van der Waals surface area contributed by atoms with Gasteiger partial charge < -0.3 is 19.2 Å². The molecular formula is C13H11F2NO3. The molecule has 0 bridgehead atoms. The van der Waals surface area contributed by atoms with Crippen LogP contribution in [0, 0.1) is 6.92 Å². The van der Waals surface area contributed by atoms with Crippen LogP contribution in [0.4, 0.5) is 14.5 Å². The summed E-state index contributed by atoms with van der Waals surface area (Å²) in [6.07, 6.45) is -3.58. The molecule has 1 N–H and O–H groups in total. The van der Waals surface area contributed by atoms with Crippen LogP contribution in [0.25, 0.3) is 0 Å². The third kappa shape index (κ3) is 2.47. The van der Waals surface area contributed by atoms with E-state index in [0.717, 1.165) is 11.5 Å². The average Bonchev–Trinajstić information content (AvgIpc) is 2.87. The fourth-order valence-corrected chi connectivity index (χ4v) is 1.83. The number of furan rings is 1. The van der Waals surface area contributed by atoms with Gasteiger partial charge in [-0.15, -0.1) is 8.78 Å². The van der Waals surface area contributed by atoms with Crippen LogP contribution in [0.3, 0.4) is 0 Å². The smallest absolute Gasteiger partial charge is 0.465 e. The summed E-state index contributed by atoms with van der Waals surface area (Å²) < 4.78 is 39.8. The molecule has 1 aliphatic heterocycles. The van der Waals surface area contributed by atoms with Crippen molar-refractivity contribution in [3.8, 4) is 11.5 Å². The first-order chi connectivity index (χ1) is 9.02. The van der Waals surface area contributed by atoms with Crippen molar-refractivity contribution in [1.82, 2.24) is 0 Å². The molecule has 2 aromatic rings. The van der Waals surface area contributed by atoms with Gasteiger partial charge in [0.25, 0.3) is 0 Å². The Kier molecular flexibility index (Phi) is 2.58. The molecule has 1 aliphatic rings. The largest absolute Gasteiger partial charge is 0.586 e. The maximum atomic E-state index is 12.8. The van der Waals surface area contributed by atoms with Gasteiger partial charge in [-0.1, -0.05) is 0 Å². The van der Waals surface area contributed by atoms with Crippen LogP contribution < -0.4 is 14.8 Å². The average molecular weight is 267 g/mol. The molecule has 1 aromatic heterocycles. The van der Waals surface area contributed by atoms with Gasteiger partial charge in [0.15, 0.2) is 11.5 Å². The Balaban J connectivity index is 1.70. The number of fused-ring (bicyclic) bond motifs is 1. The van der Waals surface area contributed by atoms with Crippen molar-refractivity contribution in [3.63, 3.8) is 0 Å². The predicted octanol–water partition coefficient (Wildman–Crippen LogP) is 3.52. The molecule has 3 rings (SSSR count). The molecule has 0 radical (unpaired) electrons. The number of hydrogen-bond acceptors (Lipinski definition) is 4. The third-order valence-corrected chi connectivity index (χ3v) is 2.66. The summed E-state index contributed by atoms with van der Waals surface area (Å²) in [6.45, 7) is 2.32. The molecule has 0 saturated carbocycles. The minimum absolute atomic E-state index is 0.0191. The molecule has 0 fully saturated rings. The summed E-state index contributed by atoms with van der Waals surface area (Å²) in [5, 5.41) is 3.06. The lowest BCUT2D eigenvalue weighted by Gasteiger charge is -2.05. The highest BCUT2D eigenvalue weighted by molar-refractivity contribution is 5.56. The minimum Gasteiger partial charge on any atom is -0.465 e. The standard InChI is InChI=1S/C13H11F2NO3/c1-8-2-4-10(17-8)7-16-9-3-5-11-12(6-9)19-13(14,15)18-11/h2-6,16H,7H2,1H3. The predicted molar refractivity (Wildman–Crippen MR) is 63.4 cm³/mol. The van der Waals surface area contributed by atoms with Gasteiger partial charge in [0.1, 0.15) is 11.5 Å². The molecule has 0 unspecified atom stereocenters. The van der Waals surface area contributed by atoms with Crippen LogP contribution in [0.5, 0.6) is 11.5 Å². The van der Waals surface area contributed by atoms with Crippen molar-refractivity contribution >= 4 is 5.69 Å². The summed E-state index contributed by atoms with van der Waals surface area (Å²) in [5.41, 5.74) is 0.647. The molecular weight excluding hydrogens is 256 g/mol. The van der Waals surface area contributed by atoms with Gasteiger partial charge in [-0.2, -0.15) is 0 Å². The van der Waals surface area contributed by atoms with Gasteiger partial charge in [0.05, 0.1) is 6.54 Å². The van der Waals surface area contributed by atoms with Crippen molar-refractivity contribution in [2.45, 2.75) is 19.8 Å². The molecule has 0 saturated heterocycles. The van der Waals surface area contributed by atoms with Crippen LogP contribution in [0.1, 0.15) is 11.5 Å². The Morgan fingerprint density at radius 3 is 2.63 bits per heavy atom. The second kappa shape index (κ2) is 4.15. The van der Waals surface area contributed by atoms with E-state index in [4.69, 9.17) is 4.42 Å². The van der Waals surface area contributed by atoms with E-state index in [9.17, 15) is 8.78 Å². The van der Waals surface area contributed by atoms with Crippen LogP contribution in [0.2, 0.25) is 0 Å². The maximum absolute atomic E-state index is 12.8. The van der Waals surface area contributed by atoms with E-state index in [-0.39, 0.29) is 11.5 Å². The number of ether oxygens (including phenoxy) is 2. The van der Waals surface area contributed by atoms with Crippen molar-refractivity contribution in [1.29, 1.82) is 0 Å². The van der Waals surface area contributed by atoms with Crippen LogP contribution in [-0.4, -0.2) is 6.29 Å². The second-order valence-electron chi connectivity index (χ2n) is 4.19. The summed E-state index contributed by atoms with van der Waals surface area (Å²) in [4.78, 5) is 0. The fraction of sp³-hybridized carbons (Fsp3) is 0.231. The first-order valence-electron chi connectivity index (χ1n) is 5.71. The zero-order valence-corrected chi connectivity index (χ0v) is 10.1. The highest BCUT2D eigenvalue weighted by Crippen LogP contribution is 2.42. The number of nitrogens with one attached hydrogen (secondary N) is 1. The first kappa shape index (κ1) is 11.8. The molecule has 4 nitrogen and oxygen atoms in total. The lowest BCUT2D eigenvalue weighted by Crippen LogP contribution is -2.25. The number of alkyl halides is 2. The first-order valence-corrected chi connectivity index (χ1v) is 5.71. The van der Waals surface area contributed by atoms with E-state index in [1.54, 1.807) is 6.07 Å². The molecule has 2 heterocycles. The van der Waals surface area contributed by atoms with Gasteiger partial charge in [0.2, 0.25) is 0 Å². The Morgan fingerprint density at radius 1 is 1.11 bits per heavy atom. The van der Waals surface area contributed by atoms with E-state index in [1.807, 2.05) is 19.1 Å². The highest BCUT2D eigenvalue weighted by Gasteiger charge is 2.43. The zero-order valence-electron chi connectivity index (χ0n) is 10.1. The van der Waals surface area contributed by atoms with Crippen molar-refractivity contribution in [3.05, 3.63) is 41.9 Å².